The molecular formula is C16H12BrN3OS. The maximum absolute atomic E-state index is 12.0. The summed E-state index contributed by atoms with van der Waals surface area (Å²) >= 11 is 4.89. The number of carbonyl (C=O) groups excluding carboxylic acids is 1. The standard InChI is InChI=1S/C16H12BrN3OS/c17-13-5-3-11(4-6-13)15(21)19-9-14-10-22-16(20-14)12-2-1-7-18-8-12/h1-8,10H,9H2,(H,19,21). The van der Waals surface area contributed by atoms with Gasteiger partial charge in [0.2, 0.25) is 0 Å². The van der Waals surface area contributed by atoms with Crippen LogP contribution in [0.4, 0.5) is 0 Å². The lowest BCUT2D eigenvalue weighted by molar-refractivity contribution is 0.0950. The van der Waals surface area contributed by atoms with Crippen molar-refractivity contribution in [2.24, 2.45) is 0 Å². The van der Waals surface area contributed by atoms with Gasteiger partial charge in [-0.05, 0) is 36.4 Å². The minimum absolute atomic E-state index is 0.108. The Kier molecular flexibility index (Phi) is 4.60. The lowest BCUT2D eigenvalue weighted by atomic mass is 10.2. The van der Waals surface area contributed by atoms with E-state index in [1.807, 2.05) is 29.6 Å². The third-order valence-corrected chi connectivity index (χ3v) is 4.47. The number of amides is 1. The fraction of sp³-hybridized carbons (Fsp3) is 0.0625. The number of nitrogens with one attached hydrogen (secondary N) is 1. The molecule has 0 aliphatic rings. The quantitative estimate of drug-likeness (QED) is 0.754. The Morgan fingerprint density at radius 2 is 2.05 bits per heavy atom. The highest BCUT2D eigenvalue weighted by molar-refractivity contribution is 9.10. The third kappa shape index (κ3) is 3.58. The number of benzene rings is 1. The van der Waals surface area contributed by atoms with Crippen molar-refractivity contribution in [3.63, 3.8) is 0 Å². The largest absolute Gasteiger partial charge is 0.346 e. The number of hydrogen-bond donors (Lipinski definition) is 1. The van der Waals surface area contributed by atoms with Gasteiger partial charge in [-0.2, -0.15) is 0 Å². The van der Waals surface area contributed by atoms with Crippen LogP contribution in [0, 0.1) is 0 Å². The summed E-state index contributed by atoms with van der Waals surface area (Å²) in [5.74, 6) is -0.108. The van der Waals surface area contributed by atoms with Crippen molar-refractivity contribution >= 4 is 33.2 Å². The molecule has 0 aliphatic heterocycles. The molecule has 1 N–H and O–H groups in total. The Morgan fingerprint density at radius 3 is 2.77 bits per heavy atom. The summed E-state index contributed by atoms with van der Waals surface area (Å²) in [4.78, 5) is 20.6. The molecular weight excluding hydrogens is 362 g/mol. The van der Waals surface area contributed by atoms with Gasteiger partial charge >= 0.3 is 0 Å². The lowest BCUT2D eigenvalue weighted by Crippen LogP contribution is -2.22. The maximum atomic E-state index is 12.0. The maximum Gasteiger partial charge on any atom is 0.251 e. The number of nitrogens with zero attached hydrogens (tertiary/aromatic N) is 2. The highest BCUT2D eigenvalue weighted by Crippen LogP contribution is 2.22. The molecule has 22 heavy (non-hydrogen) atoms. The van der Waals surface area contributed by atoms with E-state index in [4.69, 9.17) is 0 Å². The lowest BCUT2D eigenvalue weighted by Gasteiger charge is -2.03. The number of thiazole rings is 1. The van der Waals surface area contributed by atoms with E-state index in [9.17, 15) is 4.79 Å². The van der Waals surface area contributed by atoms with E-state index < -0.39 is 0 Å². The number of pyridine rings is 1. The fourth-order valence-corrected chi connectivity index (χ4v) is 2.96. The average molecular weight is 374 g/mol. The predicted molar refractivity (Wildman–Crippen MR) is 90.7 cm³/mol. The monoisotopic (exact) mass is 373 g/mol. The minimum atomic E-state index is -0.108. The molecule has 1 amide bonds. The van der Waals surface area contributed by atoms with Gasteiger partial charge in [0.15, 0.2) is 0 Å². The molecule has 0 unspecified atom stereocenters. The van der Waals surface area contributed by atoms with Gasteiger partial charge in [-0.3, -0.25) is 9.78 Å². The molecule has 0 atom stereocenters. The number of aromatic nitrogens is 2. The van der Waals surface area contributed by atoms with E-state index in [1.54, 1.807) is 35.9 Å². The zero-order chi connectivity index (χ0) is 15.4. The third-order valence-electron chi connectivity index (χ3n) is 3.00. The SMILES string of the molecule is O=C(NCc1csc(-c2cccnc2)n1)c1ccc(Br)cc1. The van der Waals surface area contributed by atoms with Crippen molar-refractivity contribution in [3.8, 4) is 10.6 Å². The van der Waals surface area contributed by atoms with Gasteiger partial charge in [-0.1, -0.05) is 15.9 Å². The number of rotatable bonds is 4. The van der Waals surface area contributed by atoms with Crippen molar-refractivity contribution in [3.05, 3.63) is 69.9 Å². The zero-order valence-electron chi connectivity index (χ0n) is 11.5. The molecule has 110 valence electrons. The van der Waals surface area contributed by atoms with Crippen LogP contribution in [0.15, 0.2) is 58.6 Å². The van der Waals surface area contributed by atoms with Crippen molar-refractivity contribution in [1.29, 1.82) is 0 Å². The van der Waals surface area contributed by atoms with Crippen LogP contribution in [0.1, 0.15) is 16.1 Å². The van der Waals surface area contributed by atoms with Crippen LogP contribution in [-0.4, -0.2) is 15.9 Å². The first kappa shape index (κ1) is 14.9. The van der Waals surface area contributed by atoms with Crippen molar-refractivity contribution in [1.82, 2.24) is 15.3 Å². The minimum Gasteiger partial charge on any atom is -0.346 e. The molecule has 0 aliphatic carbocycles. The van der Waals surface area contributed by atoms with E-state index in [0.717, 1.165) is 20.7 Å². The Morgan fingerprint density at radius 1 is 1.23 bits per heavy atom. The van der Waals surface area contributed by atoms with Crippen LogP contribution in [0.25, 0.3) is 10.6 Å². The summed E-state index contributed by atoms with van der Waals surface area (Å²) in [7, 11) is 0. The average Bonchev–Trinajstić information content (AvgIpc) is 3.03. The summed E-state index contributed by atoms with van der Waals surface area (Å²) in [6.07, 6.45) is 3.51. The van der Waals surface area contributed by atoms with Gasteiger partial charge in [0.05, 0.1) is 12.2 Å². The number of hydrogen-bond acceptors (Lipinski definition) is 4. The highest BCUT2D eigenvalue weighted by atomic mass is 79.9. The van der Waals surface area contributed by atoms with E-state index in [1.165, 1.54) is 0 Å². The second kappa shape index (κ2) is 6.81. The Balaban J connectivity index is 1.64. The molecule has 1 aromatic carbocycles. The summed E-state index contributed by atoms with van der Waals surface area (Å²) in [5, 5.41) is 5.73. The molecule has 3 rings (SSSR count). The van der Waals surface area contributed by atoms with E-state index in [-0.39, 0.29) is 5.91 Å². The van der Waals surface area contributed by atoms with Crippen LogP contribution in [0.5, 0.6) is 0 Å². The summed E-state index contributed by atoms with van der Waals surface area (Å²) in [6.45, 7) is 0.408. The summed E-state index contributed by atoms with van der Waals surface area (Å²) in [6, 6.07) is 11.1. The molecule has 4 nitrogen and oxygen atoms in total. The molecule has 0 spiro atoms. The van der Waals surface area contributed by atoms with Gasteiger partial charge in [0.1, 0.15) is 5.01 Å². The first-order valence-electron chi connectivity index (χ1n) is 6.61. The van der Waals surface area contributed by atoms with Gasteiger partial charge < -0.3 is 5.32 Å². The first-order chi connectivity index (χ1) is 10.7. The van der Waals surface area contributed by atoms with Gasteiger partial charge in [-0.25, -0.2) is 4.98 Å². The normalized spacial score (nSPS) is 10.4. The molecule has 2 heterocycles. The van der Waals surface area contributed by atoms with Crippen LogP contribution < -0.4 is 5.32 Å². The number of halogens is 1. The summed E-state index contributed by atoms with van der Waals surface area (Å²) < 4.78 is 0.949. The van der Waals surface area contributed by atoms with E-state index in [2.05, 4.69) is 31.2 Å². The topological polar surface area (TPSA) is 54.9 Å². The second-order valence-corrected chi connectivity index (χ2v) is 6.35. The Bertz CT molecular complexity index is 772. The smallest absolute Gasteiger partial charge is 0.251 e. The van der Waals surface area contributed by atoms with Gasteiger partial charge in [0.25, 0.3) is 5.91 Å². The van der Waals surface area contributed by atoms with Crippen LogP contribution in [0.2, 0.25) is 0 Å². The molecule has 0 saturated heterocycles. The van der Waals surface area contributed by atoms with Gasteiger partial charge in [-0.15, -0.1) is 11.3 Å². The number of carbonyl (C=O) groups is 1. The predicted octanol–water partition coefficient (Wildman–Crippen LogP) is 3.90. The molecule has 3 aromatic rings. The van der Waals surface area contributed by atoms with Crippen molar-refractivity contribution in [2.75, 3.05) is 0 Å². The molecule has 0 saturated carbocycles. The Labute approximate surface area is 140 Å². The molecule has 0 bridgehead atoms. The summed E-state index contributed by atoms with van der Waals surface area (Å²) in [5.41, 5.74) is 2.46. The van der Waals surface area contributed by atoms with Crippen LogP contribution in [-0.2, 0) is 6.54 Å². The zero-order valence-corrected chi connectivity index (χ0v) is 13.9. The molecule has 6 heteroatoms. The van der Waals surface area contributed by atoms with Crippen molar-refractivity contribution < 1.29 is 4.79 Å². The fourth-order valence-electron chi connectivity index (χ4n) is 1.88. The van der Waals surface area contributed by atoms with Crippen molar-refractivity contribution in [2.45, 2.75) is 6.54 Å². The Hall–Kier alpha value is -2.05. The molecule has 0 fully saturated rings. The van der Waals surface area contributed by atoms with Crippen LogP contribution in [0.3, 0.4) is 0 Å². The highest BCUT2D eigenvalue weighted by Gasteiger charge is 2.08. The second-order valence-electron chi connectivity index (χ2n) is 4.58. The molecule has 0 radical (unpaired) electrons. The van der Waals surface area contributed by atoms with Gasteiger partial charge in [0, 0.05) is 33.4 Å². The van der Waals surface area contributed by atoms with E-state index >= 15 is 0 Å². The molecule has 2 aromatic heterocycles. The van der Waals surface area contributed by atoms with Crippen LogP contribution >= 0.6 is 27.3 Å². The van der Waals surface area contributed by atoms with E-state index in [0.29, 0.717) is 12.1 Å². The first-order valence-corrected chi connectivity index (χ1v) is 8.28.